The standard InChI is InChI=1S/C14H12F2N2O2/c15-14(16)20-10-5-3-4-9(8-10)18-13(19)11-6-1-2-7-12(11)17/h1-8,14H,17H2,(H,18,19). The Bertz CT molecular complexity index is 618. The van der Waals surface area contributed by atoms with Crippen LogP contribution in [0.1, 0.15) is 10.4 Å². The molecule has 0 bridgehead atoms. The van der Waals surface area contributed by atoms with Crippen LogP contribution in [0.4, 0.5) is 20.2 Å². The third kappa shape index (κ3) is 3.44. The molecule has 6 heteroatoms. The number of benzene rings is 2. The summed E-state index contributed by atoms with van der Waals surface area (Å²) in [6.07, 6.45) is 0. The number of para-hydroxylation sites is 1. The van der Waals surface area contributed by atoms with E-state index in [1.165, 1.54) is 18.2 Å². The van der Waals surface area contributed by atoms with Gasteiger partial charge in [0.25, 0.3) is 5.91 Å². The first-order valence-corrected chi connectivity index (χ1v) is 5.77. The van der Waals surface area contributed by atoms with Gasteiger partial charge in [0.15, 0.2) is 0 Å². The first-order chi connectivity index (χ1) is 9.56. The second-order valence-electron chi connectivity index (χ2n) is 3.95. The van der Waals surface area contributed by atoms with E-state index in [2.05, 4.69) is 10.1 Å². The van der Waals surface area contributed by atoms with Gasteiger partial charge in [0.1, 0.15) is 5.75 Å². The number of halogens is 2. The molecule has 2 aromatic rings. The maximum atomic E-state index is 12.1. The Morgan fingerprint density at radius 1 is 1.15 bits per heavy atom. The average molecular weight is 278 g/mol. The third-order valence-electron chi connectivity index (χ3n) is 2.52. The minimum atomic E-state index is -2.91. The van der Waals surface area contributed by atoms with Crippen LogP contribution < -0.4 is 15.8 Å². The maximum Gasteiger partial charge on any atom is 0.387 e. The van der Waals surface area contributed by atoms with Crippen LogP contribution in [0.25, 0.3) is 0 Å². The van der Waals surface area contributed by atoms with Crippen molar-refractivity contribution in [2.75, 3.05) is 11.1 Å². The largest absolute Gasteiger partial charge is 0.435 e. The molecule has 0 radical (unpaired) electrons. The molecular weight excluding hydrogens is 266 g/mol. The number of nitrogens with one attached hydrogen (secondary N) is 1. The molecule has 2 aromatic carbocycles. The minimum absolute atomic E-state index is 0.0289. The third-order valence-corrected chi connectivity index (χ3v) is 2.52. The van der Waals surface area contributed by atoms with E-state index in [0.717, 1.165) is 0 Å². The van der Waals surface area contributed by atoms with Crippen LogP contribution in [0, 0.1) is 0 Å². The molecule has 2 rings (SSSR count). The number of rotatable bonds is 4. The highest BCUT2D eigenvalue weighted by Gasteiger charge is 2.10. The summed E-state index contributed by atoms with van der Waals surface area (Å²) in [5.41, 5.74) is 6.68. The molecule has 0 saturated heterocycles. The van der Waals surface area contributed by atoms with Crippen molar-refractivity contribution >= 4 is 17.3 Å². The zero-order chi connectivity index (χ0) is 14.5. The van der Waals surface area contributed by atoms with Gasteiger partial charge in [0.05, 0.1) is 5.56 Å². The van der Waals surface area contributed by atoms with Crippen LogP contribution >= 0.6 is 0 Å². The van der Waals surface area contributed by atoms with E-state index in [0.29, 0.717) is 16.9 Å². The predicted molar refractivity (Wildman–Crippen MR) is 71.9 cm³/mol. The molecule has 104 valence electrons. The van der Waals surface area contributed by atoms with Crippen LogP contribution in [0.3, 0.4) is 0 Å². The van der Waals surface area contributed by atoms with Gasteiger partial charge in [0, 0.05) is 17.4 Å². The lowest BCUT2D eigenvalue weighted by atomic mass is 10.1. The number of nitrogens with two attached hydrogens (primary N) is 1. The van der Waals surface area contributed by atoms with Gasteiger partial charge in [-0.3, -0.25) is 4.79 Å². The van der Waals surface area contributed by atoms with E-state index in [1.807, 2.05) is 0 Å². The number of ether oxygens (including phenoxy) is 1. The van der Waals surface area contributed by atoms with Gasteiger partial charge in [0.2, 0.25) is 0 Å². The highest BCUT2D eigenvalue weighted by molar-refractivity contribution is 6.07. The van der Waals surface area contributed by atoms with Crippen molar-refractivity contribution < 1.29 is 18.3 Å². The van der Waals surface area contributed by atoms with Crippen LogP contribution in [0.5, 0.6) is 5.75 Å². The molecule has 20 heavy (non-hydrogen) atoms. The highest BCUT2D eigenvalue weighted by Crippen LogP contribution is 2.20. The van der Waals surface area contributed by atoms with Crippen molar-refractivity contribution in [1.29, 1.82) is 0 Å². The number of hydrogen-bond acceptors (Lipinski definition) is 3. The summed E-state index contributed by atoms with van der Waals surface area (Å²) < 4.78 is 28.5. The van der Waals surface area contributed by atoms with Gasteiger partial charge in [-0.15, -0.1) is 0 Å². The number of alkyl halides is 2. The Labute approximate surface area is 114 Å². The molecule has 1 amide bonds. The van der Waals surface area contributed by atoms with Gasteiger partial charge in [-0.2, -0.15) is 8.78 Å². The number of nitrogen functional groups attached to an aromatic ring is 1. The van der Waals surface area contributed by atoms with Crippen molar-refractivity contribution in [2.24, 2.45) is 0 Å². The van der Waals surface area contributed by atoms with Crippen LogP contribution in [0.2, 0.25) is 0 Å². The SMILES string of the molecule is Nc1ccccc1C(=O)Nc1cccc(OC(F)F)c1. The quantitative estimate of drug-likeness (QED) is 0.844. The fourth-order valence-electron chi connectivity index (χ4n) is 1.65. The molecule has 0 spiro atoms. The zero-order valence-electron chi connectivity index (χ0n) is 10.3. The topological polar surface area (TPSA) is 64.4 Å². The van der Waals surface area contributed by atoms with Crippen molar-refractivity contribution in [2.45, 2.75) is 6.61 Å². The number of carbonyl (C=O) groups excluding carboxylic acids is 1. The summed E-state index contributed by atoms with van der Waals surface area (Å²) >= 11 is 0. The zero-order valence-corrected chi connectivity index (χ0v) is 10.3. The van der Waals surface area contributed by atoms with Crippen molar-refractivity contribution in [3.63, 3.8) is 0 Å². The summed E-state index contributed by atoms with van der Waals surface area (Å²) in [5.74, 6) is -0.448. The lowest BCUT2D eigenvalue weighted by molar-refractivity contribution is -0.0497. The van der Waals surface area contributed by atoms with Gasteiger partial charge in [-0.1, -0.05) is 18.2 Å². The average Bonchev–Trinajstić information content (AvgIpc) is 2.38. The molecule has 0 aliphatic carbocycles. The molecular formula is C14H12F2N2O2. The molecule has 0 aliphatic rings. The van der Waals surface area contributed by atoms with Crippen molar-refractivity contribution in [3.05, 3.63) is 54.1 Å². The molecule has 0 unspecified atom stereocenters. The lowest BCUT2D eigenvalue weighted by Crippen LogP contribution is -2.14. The number of amides is 1. The molecule has 0 heterocycles. The molecule has 4 nitrogen and oxygen atoms in total. The van der Waals surface area contributed by atoms with E-state index in [1.54, 1.807) is 30.3 Å². The lowest BCUT2D eigenvalue weighted by Gasteiger charge is -2.09. The molecule has 3 N–H and O–H groups in total. The van der Waals surface area contributed by atoms with Crippen LogP contribution in [-0.4, -0.2) is 12.5 Å². The first kappa shape index (κ1) is 13.8. The number of carbonyl (C=O) groups is 1. The summed E-state index contributed by atoms with van der Waals surface area (Å²) in [7, 11) is 0. The molecule has 0 aliphatic heterocycles. The van der Waals surface area contributed by atoms with Gasteiger partial charge >= 0.3 is 6.61 Å². The van der Waals surface area contributed by atoms with E-state index in [-0.39, 0.29) is 5.75 Å². The normalized spacial score (nSPS) is 10.3. The summed E-state index contributed by atoms with van der Waals surface area (Å²) in [4.78, 5) is 12.0. The van der Waals surface area contributed by atoms with E-state index in [4.69, 9.17) is 5.73 Å². The van der Waals surface area contributed by atoms with Gasteiger partial charge in [-0.25, -0.2) is 0 Å². The Morgan fingerprint density at radius 3 is 2.60 bits per heavy atom. The Morgan fingerprint density at radius 2 is 1.90 bits per heavy atom. The predicted octanol–water partition coefficient (Wildman–Crippen LogP) is 3.12. The highest BCUT2D eigenvalue weighted by atomic mass is 19.3. The fraction of sp³-hybridized carbons (Fsp3) is 0.0714. The van der Waals surface area contributed by atoms with Gasteiger partial charge < -0.3 is 15.8 Å². The van der Waals surface area contributed by atoms with Gasteiger partial charge in [-0.05, 0) is 24.3 Å². The molecule has 0 fully saturated rings. The number of anilines is 2. The van der Waals surface area contributed by atoms with E-state index < -0.39 is 12.5 Å². The number of hydrogen-bond donors (Lipinski definition) is 2. The van der Waals surface area contributed by atoms with Crippen LogP contribution in [-0.2, 0) is 0 Å². The van der Waals surface area contributed by atoms with Crippen LogP contribution in [0.15, 0.2) is 48.5 Å². The van der Waals surface area contributed by atoms with Crippen molar-refractivity contribution in [3.8, 4) is 5.75 Å². The fourth-order valence-corrected chi connectivity index (χ4v) is 1.65. The van der Waals surface area contributed by atoms with E-state index >= 15 is 0 Å². The summed E-state index contributed by atoms with van der Waals surface area (Å²) in [6.45, 7) is -2.91. The van der Waals surface area contributed by atoms with E-state index in [9.17, 15) is 13.6 Å². The minimum Gasteiger partial charge on any atom is -0.435 e. The second kappa shape index (κ2) is 6.01. The van der Waals surface area contributed by atoms with Crippen molar-refractivity contribution in [1.82, 2.24) is 0 Å². The molecule has 0 atom stereocenters. The Balaban J connectivity index is 2.14. The first-order valence-electron chi connectivity index (χ1n) is 5.77. The molecule has 0 aromatic heterocycles. The smallest absolute Gasteiger partial charge is 0.387 e. The Kier molecular flexibility index (Phi) is 4.14. The summed E-state index contributed by atoms with van der Waals surface area (Å²) in [6, 6.07) is 12.3. The molecule has 0 saturated carbocycles. The summed E-state index contributed by atoms with van der Waals surface area (Å²) in [5, 5.41) is 2.57. The monoisotopic (exact) mass is 278 g/mol. The Hall–Kier alpha value is -2.63. The second-order valence-corrected chi connectivity index (χ2v) is 3.95. The maximum absolute atomic E-state index is 12.1.